The highest BCUT2D eigenvalue weighted by Crippen LogP contribution is 2.20. The lowest BCUT2D eigenvalue weighted by Gasteiger charge is -2.36. The molecule has 1 aromatic rings. The molecule has 1 heterocycles. The summed E-state index contributed by atoms with van der Waals surface area (Å²) in [6.07, 6.45) is 1.55. The minimum atomic E-state index is -0.784. The zero-order valence-corrected chi connectivity index (χ0v) is 11.7. The number of hydrogen-bond acceptors (Lipinski definition) is 3. The van der Waals surface area contributed by atoms with Gasteiger partial charge in [-0.1, -0.05) is 11.6 Å². The third-order valence-corrected chi connectivity index (χ3v) is 3.46. The molecule has 1 aromatic carbocycles. The summed E-state index contributed by atoms with van der Waals surface area (Å²) in [5, 5.41) is 10.6. The first-order valence-electron chi connectivity index (χ1n) is 6.35. The van der Waals surface area contributed by atoms with Crippen LogP contribution in [0.25, 0.3) is 0 Å². The highest BCUT2D eigenvalue weighted by Gasteiger charge is 2.30. The summed E-state index contributed by atoms with van der Waals surface area (Å²) in [4.78, 5) is 13.6. The van der Waals surface area contributed by atoms with Crippen molar-refractivity contribution in [3.8, 4) is 5.75 Å². The molecule has 1 saturated heterocycles. The number of nitrogens with zero attached hydrogens (tertiary/aromatic N) is 1. The molecule has 0 spiro atoms. The lowest BCUT2D eigenvalue weighted by molar-refractivity contribution is -0.139. The number of aliphatic hydroxyl groups is 1. The van der Waals surface area contributed by atoms with E-state index in [0.717, 1.165) is 12.8 Å². The van der Waals surface area contributed by atoms with Gasteiger partial charge in [-0.15, -0.1) is 0 Å². The van der Waals surface area contributed by atoms with Crippen molar-refractivity contribution in [3.63, 3.8) is 0 Å². The van der Waals surface area contributed by atoms with Gasteiger partial charge in [-0.25, -0.2) is 0 Å². The van der Waals surface area contributed by atoms with E-state index in [0.29, 0.717) is 23.9 Å². The normalized spacial score (nSPS) is 23.2. The first kappa shape index (κ1) is 14.2. The number of amides is 1. The molecule has 1 N–H and O–H groups in total. The van der Waals surface area contributed by atoms with Crippen LogP contribution in [-0.2, 0) is 4.79 Å². The van der Waals surface area contributed by atoms with Gasteiger partial charge in [0.05, 0.1) is 5.60 Å². The maximum Gasteiger partial charge on any atom is 0.260 e. The van der Waals surface area contributed by atoms with Crippen molar-refractivity contribution in [3.05, 3.63) is 29.3 Å². The zero-order chi connectivity index (χ0) is 13.9. The Morgan fingerprint density at radius 2 is 2.16 bits per heavy atom. The van der Waals surface area contributed by atoms with E-state index in [9.17, 15) is 9.90 Å². The number of β-amino-alcohol motifs (C(OH)–C–C–N with tert-alkyl or cyclic N) is 1. The van der Waals surface area contributed by atoms with Gasteiger partial charge in [-0.05, 0) is 44.0 Å². The van der Waals surface area contributed by atoms with E-state index < -0.39 is 5.60 Å². The minimum absolute atomic E-state index is 0.0162. The van der Waals surface area contributed by atoms with E-state index in [1.54, 1.807) is 36.1 Å². The van der Waals surface area contributed by atoms with Crippen LogP contribution in [0.2, 0.25) is 5.02 Å². The second-order valence-corrected chi connectivity index (χ2v) is 5.59. The average Bonchev–Trinajstić information content (AvgIpc) is 2.36. The number of likely N-dealkylation sites (tertiary alicyclic amines) is 1. The minimum Gasteiger partial charge on any atom is -0.484 e. The monoisotopic (exact) mass is 283 g/mol. The Morgan fingerprint density at radius 3 is 2.79 bits per heavy atom. The number of benzene rings is 1. The van der Waals surface area contributed by atoms with E-state index in [1.807, 2.05) is 0 Å². The number of carbonyl (C=O) groups excluding carboxylic acids is 1. The molecule has 5 heteroatoms. The molecule has 1 atom stereocenters. The standard InChI is InChI=1S/C14H18ClNO3/c1-14(18)7-2-8-16(10-14)13(17)9-19-12-5-3-11(15)4-6-12/h3-6,18H,2,7-10H2,1H3. The third kappa shape index (κ3) is 4.11. The molecule has 104 valence electrons. The predicted molar refractivity (Wildman–Crippen MR) is 73.4 cm³/mol. The lowest BCUT2D eigenvalue weighted by Crippen LogP contribution is -2.49. The molecule has 1 amide bonds. The fraction of sp³-hybridized carbons (Fsp3) is 0.500. The van der Waals surface area contributed by atoms with E-state index in [1.165, 1.54) is 0 Å². The fourth-order valence-electron chi connectivity index (χ4n) is 2.20. The molecular formula is C14H18ClNO3. The summed E-state index contributed by atoms with van der Waals surface area (Å²) in [5.41, 5.74) is -0.784. The quantitative estimate of drug-likeness (QED) is 0.924. The second kappa shape index (κ2) is 5.80. The molecule has 2 rings (SSSR count). The summed E-state index contributed by atoms with van der Waals surface area (Å²) in [6.45, 7) is 2.79. The van der Waals surface area contributed by atoms with E-state index in [4.69, 9.17) is 16.3 Å². The molecule has 1 fully saturated rings. The Labute approximate surface area is 117 Å². The van der Waals surface area contributed by atoms with Crippen molar-refractivity contribution in [1.29, 1.82) is 0 Å². The van der Waals surface area contributed by atoms with Crippen LogP contribution in [0.15, 0.2) is 24.3 Å². The Hall–Kier alpha value is -1.26. The maximum absolute atomic E-state index is 12.0. The summed E-state index contributed by atoms with van der Waals surface area (Å²) in [6, 6.07) is 6.88. The smallest absolute Gasteiger partial charge is 0.260 e. The van der Waals surface area contributed by atoms with Crippen LogP contribution in [0.5, 0.6) is 5.75 Å². The van der Waals surface area contributed by atoms with Gasteiger partial charge in [-0.3, -0.25) is 4.79 Å². The Balaban J connectivity index is 1.85. The fourth-order valence-corrected chi connectivity index (χ4v) is 2.33. The van der Waals surface area contributed by atoms with Crippen LogP contribution in [0.3, 0.4) is 0 Å². The first-order chi connectivity index (χ1) is 8.96. The molecule has 0 aromatic heterocycles. The Morgan fingerprint density at radius 1 is 1.47 bits per heavy atom. The van der Waals surface area contributed by atoms with Crippen LogP contribution in [0.4, 0.5) is 0 Å². The second-order valence-electron chi connectivity index (χ2n) is 5.16. The number of piperidine rings is 1. The summed E-state index contributed by atoms with van der Waals surface area (Å²) < 4.78 is 5.41. The van der Waals surface area contributed by atoms with Crippen molar-refractivity contribution < 1.29 is 14.6 Å². The summed E-state index contributed by atoms with van der Waals surface area (Å²) >= 11 is 5.77. The number of carbonyl (C=O) groups is 1. The average molecular weight is 284 g/mol. The van der Waals surface area contributed by atoms with Gasteiger partial charge in [0.2, 0.25) is 0 Å². The molecule has 0 saturated carbocycles. The van der Waals surface area contributed by atoms with Gasteiger partial charge < -0.3 is 14.7 Å². The number of hydrogen-bond donors (Lipinski definition) is 1. The molecule has 0 aliphatic carbocycles. The van der Waals surface area contributed by atoms with Gasteiger partial charge >= 0.3 is 0 Å². The van der Waals surface area contributed by atoms with Crippen LogP contribution in [0.1, 0.15) is 19.8 Å². The highest BCUT2D eigenvalue weighted by molar-refractivity contribution is 6.30. The number of ether oxygens (including phenoxy) is 1. The number of halogens is 1. The first-order valence-corrected chi connectivity index (χ1v) is 6.73. The van der Waals surface area contributed by atoms with Crippen molar-refractivity contribution in [1.82, 2.24) is 4.90 Å². The predicted octanol–water partition coefficient (Wildman–Crippen LogP) is 2.09. The zero-order valence-electron chi connectivity index (χ0n) is 10.9. The van der Waals surface area contributed by atoms with E-state index in [-0.39, 0.29) is 12.5 Å². The largest absolute Gasteiger partial charge is 0.484 e. The molecule has 1 aliphatic heterocycles. The van der Waals surface area contributed by atoms with Gasteiger partial charge in [0.15, 0.2) is 6.61 Å². The molecule has 1 unspecified atom stereocenters. The summed E-state index contributed by atoms with van der Waals surface area (Å²) in [5.74, 6) is 0.511. The van der Waals surface area contributed by atoms with Gasteiger partial charge in [0.25, 0.3) is 5.91 Å². The number of rotatable bonds is 3. The highest BCUT2D eigenvalue weighted by atomic mass is 35.5. The van der Waals surface area contributed by atoms with Crippen LogP contribution >= 0.6 is 11.6 Å². The van der Waals surface area contributed by atoms with Crippen LogP contribution < -0.4 is 4.74 Å². The van der Waals surface area contributed by atoms with Crippen LogP contribution in [-0.4, -0.2) is 41.2 Å². The van der Waals surface area contributed by atoms with Crippen molar-refractivity contribution in [2.75, 3.05) is 19.7 Å². The Bertz CT molecular complexity index is 445. The third-order valence-electron chi connectivity index (χ3n) is 3.20. The van der Waals surface area contributed by atoms with Crippen molar-refractivity contribution in [2.24, 2.45) is 0 Å². The van der Waals surface area contributed by atoms with Crippen molar-refractivity contribution >= 4 is 17.5 Å². The van der Waals surface area contributed by atoms with E-state index in [2.05, 4.69) is 0 Å². The van der Waals surface area contributed by atoms with Gasteiger partial charge in [-0.2, -0.15) is 0 Å². The van der Waals surface area contributed by atoms with Gasteiger partial charge in [0.1, 0.15) is 5.75 Å². The molecule has 0 radical (unpaired) electrons. The SMILES string of the molecule is CC1(O)CCCN(C(=O)COc2ccc(Cl)cc2)C1. The topological polar surface area (TPSA) is 49.8 Å². The Kier molecular flexibility index (Phi) is 4.32. The molecule has 1 aliphatic rings. The van der Waals surface area contributed by atoms with Crippen molar-refractivity contribution in [2.45, 2.75) is 25.4 Å². The molecular weight excluding hydrogens is 266 g/mol. The molecule has 4 nitrogen and oxygen atoms in total. The molecule has 19 heavy (non-hydrogen) atoms. The summed E-state index contributed by atoms with van der Waals surface area (Å²) in [7, 11) is 0. The lowest BCUT2D eigenvalue weighted by atomic mass is 9.95. The van der Waals surface area contributed by atoms with Crippen LogP contribution in [0, 0.1) is 0 Å². The maximum atomic E-state index is 12.0. The molecule has 0 bridgehead atoms. The van der Waals surface area contributed by atoms with E-state index >= 15 is 0 Å². The van der Waals surface area contributed by atoms with Gasteiger partial charge in [0, 0.05) is 18.1 Å².